The third-order valence-corrected chi connectivity index (χ3v) is 4.74. The number of carbonyl (C=O) groups is 1. The molecular weight excluding hydrogens is 388 g/mol. The van der Waals surface area contributed by atoms with Crippen molar-refractivity contribution in [3.63, 3.8) is 0 Å². The SMILES string of the molecule is [CH2][C@@](C)(N)C(=O)Nc1ccc(OCCc2ccc(-c3ccc(OCC)cc3)cc2)cc1. The lowest BCUT2D eigenvalue weighted by atomic mass is 10.0. The van der Waals surface area contributed by atoms with Crippen LogP contribution in [0.25, 0.3) is 11.1 Å². The fraction of sp³-hybridized carbons (Fsp3) is 0.231. The molecule has 0 bridgehead atoms. The lowest BCUT2D eigenvalue weighted by molar-refractivity contribution is -0.119. The number of hydrogen-bond acceptors (Lipinski definition) is 4. The van der Waals surface area contributed by atoms with E-state index in [1.165, 1.54) is 11.1 Å². The molecule has 0 spiro atoms. The van der Waals surface area contributed by atoms with E-state index in [9.17, 15) is 4.79 Å². The Hall–Kier alpha value is -3.31. The lowest BCUT2D eigenvalue weighted by Crippen LogP contribution is -2.45. The largest absolute Gasteiger partial charge is 0.494 e. The minimum Gasteiger partial charge on any atom is -0.494 e. The predicted molar refractivity (Wildman–Crippen MR) is 125 cm³/mol. The second kappa shape index (κ2) is 10.1. The Morgan fingerprint density at radius 1 is 0.903 bits per heavy atom. The average molecular weight is 418 g/mol. The monoisotopic (exact) mass is 417 g/mol. The number of anilines is 1. The maximum atomic E-state index is 11.9. The fourth-order valence-electron chi connectivity index (χ4n) is 2.97. The van der Waals surface area contributed by atoms with Gasteiger partial charge in [0, 0.05) is 12.1 Å². The summed E-state index contributed by atoms with van der Waals surface area (Å²) in [6, 6.07) is 23.8. The molecule has 0 aromatic heterocycles. The molecule has 0 fully saturated rings. The van der Waals surface area contributed by atoms with Crippen molar-refractivity contribution < 1.29 is 14.3 Å². The quantitative estimate of drug-likeness (QED) is 0.521. The standard InChI is InChI=1S/C26H29N2O3/c1-4-30-23-13-9-21(10-14-23)20-7-5-19(6-8-20)17-18-31-24-15-11-22(12-16-24)28-25(29)26(2,3)27/h5-16H,2,4,17-18,27H2,1,3H3,(H,28,29)/t26-/m0/s1. The van der Waals surface area contributed by atoms with Crippen LogP contribution in [0.1, 0.15) is 19.4 Å². The van der Waals surface area contributed by atoms with Crippen molar-refractivity contribution in [3.8, 4) is 22.6 Å². The summed E-state index contributed by atoms with van der Waals surface area (Å²) < 4.78 is 11.3. The third kappa shape index (κ3) is 6.59. The van der Waals surface area contributed by atoms with E-state index in [-0.39, 0.29) is 5.91 Å². The molecule has 0 aliphatic heterocycles. The van der Waals surface area contributed by atoms with Gasteiger partial charge in [-0.05, 0) is 73.9 Å². The number of nitrogens with two attached hydrogens (primary N) is 1. The first kappa shape index (κ1) is 22.4. The molecule has 3 aromatic rings. The molecule has 31 heavy (non-hydrogen) atoms. The van der Waals surface area contributed by atoms with E-state index in [1.807, 2.05) is 31.2 Å². The van der Waals surface area contributed by atoms with Crippen molar-refractivity contribution in [1.29, 1.82) is 0 Å². The van der Waals surface area contributed by atoms with Crippen molar-refractivity contribution in [1.82, 2.24) is 0 Å². The van der Waals surface area contributed by atoms with Gasteiger partial charge in [0.2, 0.25) is 5.91 Å². The summed E-state index contributed by atoms with van der Waals surface area (Å²) in [6.07, 6.45) is 0.801. The summed E-state index contributed by atoms with van der Waals surface area (Å²) in [4.78, 5) is 11.9. The predicted octanol–water partition coefficient (Wildman–Crippen LogP) is 4.86. The van der Waals surface area contributed by atoms with Crippen LogP contribution in [0.3, 0.4) is 0 Å². The molecule has 5 nitrogen and oxygen atoms in total. The van der Waals surface area contributed by atoms with E-state index >= 15 is 0 Å². The van der Waals surface area contributed by atoms with Crippen molar-refractivity contribution in [2.45, 2.75) is 25.8 Å². The van der Waals surface area contributed by atoms with Crippen LogP contribution in [0.5, 0.6) is 11.5 Å². The molecule has 3 N–H and O–H groups in total. The first-order valence-corrected chi connectivity index (χ1v) is 10.4. The zero-order chi connectivity index (χ0) is 22.3. The molecule has 0 heterocycles. The van der Waals surface area contributed by atoms with Crippen LogP contribution in [-0.2, 0) is 11.2 Å². The van der Waals surface area contributed by atoms with Gasteiger partial charge in [0.1, 0.15) is 11.5 Å². The van der Waals surface area contributed by atoms with E-state index in [4.69, 9.17) is 15.2 Å². The van der Waals surface area contributed by atoms with E-state index in [2.05, 4.69) is 48.6 Å². The van der Waals surface area contributed by atoms with Crippen LogP contribution >= 0.6 is 0 Å². The molecule has 3 aromatic carbocycles. The van der Waals surface area contributed by atoms with Crippen LogP contribution in [0.2, 0.25) is 0 Å². The molecule has 0 saturated carbocycles. The number of hydrogen-bond donors (Lipinski definition) is 2. The number of carbonyl (C=O) groups excluding carboxylic acids is 1. The molecule has 1 atom stereocenters. The molecular formula is C26H29N2O3. The van der Waals surface area contributed by atoms with Gasteiger partial charge < -0.3 is 20.5 Å². The maximum Gasteiger partial charge on any atom is 0.244 e. The van der Waals surface area contributed by atoms with Gasteiger partial charge in [0.05, 0.1) is 18.8 Å². The highest BCUT2D eigenvalue weighted by molar-refractivity contribution is 5.98. The molecule has 3 rings (SSSR count). The van der Waals surface area contributed by atoms with Crippen LogP contribution < -0.4 is 20.5 Å². The van der Waals surface area contributed by atoms with Gasteiger partial charge in [0.25, 0.3) is 0 Å². The van der Waals surface area contributed by atoms with Crippen molar-refractivity contribution in [3.05, 3.63) is 85.3 Å². The van der Waals surface area contributed by atoms with Gasteiger partial charge in [0.15, 0.2) is 0 Å². The Bertz CT molecular complexity index is 973. The second-order valence-electron chi connectivity index (χ2n) is 7.65. The van der Waals surface area contributed by atoms with Gasteiger partial charge in [-0.3, -0.25) is 4.79 Å². The second-order valence-corrected chi connectivity index (χ2v) is 7.65. The summed E-state index contributed by atoms with van der Waals surface area (Å²) >= 11 is 0. The van der Waals surface area contributed by atoms with Crippen molar-refractivity contribution in [2.24, 2.45) is 5.73 Å². The minimum absolute atomic E-state index is 0.338. The Labute approximate surface area is 184 Å². The average Bonchev–Trinajstić information content (AvgIpc) is 2.76. The van der Waals surface area contributed by atoms with Gasteiger partial charge >= 0.3 is 0 Å². The first-order valence-electron chi connectivity index (χ1n) is 10.4. The Kier molecular flexibility index (Phi) is 7.32. The number of rotatable bonds is 9. The van der Waals surface area contributed by atoms with E-state index in [1.54, 1.807) is 19.1 Å². The summed E-state index contributed by atoms with van der Waals surface area (Å²) in [5, 5.41) is 2.73. The molecule has 161 valence electrons. The van der Waals surface area contributed by atoms with Gasteiger partial charge in [-0.1, -0.05) is 36.4 Å². The zero-order valence-electron chi connectivity index (χ0n) is 18.1. The maximum absolute atomic E-state index is 11.9. The molecule has 1 radical (unpaired) electrons. The van der Waals surface area contributed by atoms with E-state index in [0.29, 0.717) is 18.9 Å². The lowest BCUT2D eigenvalue weighted by Gasteiger charge is -2.17. The van der Waals surface area contributed by atoms with E-state index in [0.717, 1.165) is 23.5 Å². The number of ether oxygens (including phenoxy) is 2. The first-order chi connectivity index (χ1) is 14.8. The Morgan fingerprint density at radius 2 is 1.42 bits per heavy atom. The zero-order valence-corrected chi connectivity index (χ0v) is 18.1. The van der Waals surface area contributed by atoms with Crippen LogP contribution in [0.4, 0.5) is 5.69 Å². The smallest absolute Gasteiger partial charge is 0.244 e. The van der Waals surface area contributed by atoms with Crippen molar-refractivity contribution in [2.75, 3.05) is 18.5 Å². The van der Waals surface area contributed by atoms with Gasteiger partial charge in [-0.15, -0.1) is 0 Å². The molecule has 0 unspecified atom stereocenters. The normalized spacial score (nSPS) is 11.1. The third-order valence-electron chi connectivity index (χ3n) is 4.74. The highest BCUT2D eigenvalue weighted by atomic mass is 16.5. The molecule has 1 amide bonds. The Morgan fingerprint density at radius 3 is 1.97 bits per heavy atom. The number of benzene rings is 3. The van der Waals surface area contributed by atoms with Gasteiger partial charge in [-0.25, -0.2) is 0 Å². The molecule has 0 aliphatic rings. The molecule has 5 heteroatoms. The van der Waals surface area contributed by atoms with Crippen molar-refractivity contribution >= 4 is 11.6 Å². The van der Waals surface area contributed by atoms with Crippen LogP contribution in [0.15, 0.2) is 72.8 Å². The highest BCUT2D eigenvalue weighted by Crippen LogP contribution is 2.23. The highest BCUT2D eigenvalue weighted by Gasteiger charge is 2.21. The number of amides is 1. The fourth-order valence-corrected chi connectivity index (χ4v) is 2.97. The summed E-state index contributed by atoms with van der Waals surface area (Å²) in [5.41, 5.74) is 8.70. The van der Waals surface area contributed by atoms with Crippen LogP contribution in [0, 0.1) is 6.92 Å². The van der Waals surface area contributed by atoms with E-state index < -0.39 is 5.54 Å². The molecule has 0 saturated heterocycles. The Balaban J connectivity index is 1.49. The summed E-state index contributed by atoms with van der Waals surface area (Å²) in [5.74, 6) is 1.29. The topological polar surface area (TPSA) is 73.6 Å². The minimum atomic E-state index is -1.17. The summed E-state index contributed by atoms with van der Waals surface area (Å²) in [6.45, 7) is 8.39. The number of nitrogens with one attached hydrogen (secondary N) is 1. The summed E-state index contributed by atoms with van der Waals surface area (Å²) in [7, 11) is 0. The molecule has 0 aliphatic carbocycles. The van der Waals surface area contributed by atoms with Gasteiger partial charge in [-0.2, -0.15) is 0 Å². The van der Waals surface area contributed by atoms with Crippen LogP contribution in [-0.4, -0.2) is 24.7 Å².